The van der Waals surface area contributed by atoms with Crippen LogP contribution in [-0.2, 0) is 8.54 Å². The van der Waals surface area contributed by atoms with E-state index in [-0.39, 0.29) is 52.8 Å². The van der Waals surface area contributed by atoms with Crippen molar-refractivity contribution in [2.45, 2.75) is 0 Å². The molecule has 0 fully saturated rings. The first-order chi connectivity index (χ1) is 3.42. The molecule has 0 heterocycles. The van der Waals surface area contributed by atoms with Gasteiger partial charge in [0.2, 0.25) is 0 Å². The summed E-state index contributed by atoms with van der Waals surface area (Å²) in [7, 11) is -3.66. The van der Waals surface area contributed by atoms with E-state index < -0.39 is 18.6 Å². The molecule has 6 heteroatoms. The molecule has 9 heavy (non-hydrogen) atoms. The average molecular weight is 197 g/mol. The van der Waals surface area contributed by atoms with Gasteiger partial charge in [0.05, 0.1) is 0 Å². The predicted octanol–water partition coefficient (Wildman–Crippen LogP) is -1.62. The Morgan fingerprint density at radius 3 is 1.89 bits per heavy atom. The van der Waals surface area contributed by atoms with E-state index in [2.05, 4.69) is 3.97 Å². The number of hydrogen-bond acceptors (Lipinski definition) is 2. The second-order valence-electron chi connectivity index (χ2n) is 2.04. The monoisotopic (exact) mass is 197 g/mol. The van der Waals surface area contributed by atoms with E-state index in [1.54, 1.807) is 18.8 Å². The molecular weight excluding hydrogens is 186 g/mol. The predicted molar refractivity (Wildman–Crippen MR) is 37.4 cm³/mol. The Kier molecular flexibility index (Phi) is 8.50. The van der Waals surface area contributed by atoms with Crippen molar-refractivity contribution in [1.29, 1.82) is 0 Å². The molecule has 1 N–H and O–H groups in total. The Bertz CT molecular complexity index is 106. The first kappa shape index (κ1) is 13.6. The molecule has 52 valence electrons. The molecule has 0 radical (unpaired) electrons. The number of hydrogen-bond donors (Lipinski definition) is 1. The summed E-state index contributed by atoms with van der Waals surface area (Å²) in [6.07, 6.45) is 5.41. The van der Waals surface area contributed by atoms with Crippen LogP contribution in [0.1, 0.15) is 1.43 Å². The molecular formula is C3H11KO3PS+. The van der Waals surface area contributed by atoms with E-state index in [1.807, 2.05) is 0 Å². The summed E-state index contributed by atoms with van der Waals surface area (Å²) < 4.78 is 14.5. The Hall–Kier alpha value is 2.01. The van der Waals surface area contributed by atoms with Crippen LogP contribution in [0.4, 0.5) is 0 Å². The van der Waals surface area contributed by atoms with Crippen LogP contribution >= 0.6 is 18.6 Å². The van der Waals surface area contributed by atoms with Crippen LogP contribution in [0, 0.1) is 0 Å². The maximum Gasteiger partial charge on any atom is 1.00 e. The smallest absolute Gasteiger partial charge is 1.00 e. The first-order valence-electron chi connectivity index (χ1n) is 1.96. The van der Waals surface area contributed by atoms with Crippen molar-refractivity contribution in [2.75, 3.05) is 18.8 Å². The summed E-state index contributed by atoms with van der Waals surface area (Å²) >= 11 is 0. The topological polar surface area (TPSA) is 46.5 Å². The van der Waals surface area contributed by atoms with Crippen molar-refractivity contribution < 1.29 is 66.2 Å². The van der Waals surface area contributed by atoms with Crippen molar-refractivity contribution >= 4 is 18.6 Å². The second kappa shape index (κ2) is 5.63. The zero-order valence-electron chi connectivity index (χ0n) is 7.12. The molecule has 0 saturated heterocycles. The Labute approximate surface area is 102 Å². The Morgan fingerprint density at radius 1 is 1.56 bits per heavy atom. The third-order valence-electron chi connectivity index (χ3n) is 0.287. The Balaban J connectivity index is -0.000000245. The van der Waals surface area contributed by atoms with Gasteiger partial charge >= 0.3 is 59.6 Å². The van der Waals surface area contributed by atoms with Crippen LogP contribution in [0.5, 0.6) is 0 Å². The van der Waals surface area contributed by atoms with Crippen molar-refractivity contribution in [1.82, 2.24) is 0 Å². The fraction of sp³-hybridized carbons (Fsp3) is 1.00. The van der Waals surface area contributed by atoms with E-state index in [0.717, 1.165) is 0 Å². The maximum absolute atomic E-state index is 9.96. The van der Waals surface area contributed by atoms with Crippen LogP contribution in [0.15, 0.2) is 0 Å². The van der Waals surface area contributed by atoms with Crippen molar-refractivity contribution in [3.8, 4) is 0 Å². The molecule has 1 atom stereocenters. The molecule has 0 spiro atoms. The summed E-state index contributed by atoms with van der Waals surface area (Å²) in [6, 6.07) is 0. The van der Waals surface area contributed by atoms with Crippen LogP contribution in [0.25, 0.3) is 0 Å². The molecule has 0 bridgehead atoms. The van der Waals surface area contributed by atoms with Gasteiger partial charge in [0.15, 0.2) is 0 Å². The van der Waals surface area contributed by atoms with Crippen molar-refractivity contribution in [3.05, 3.63) is 0 Å². The molecule has 0 saturated carbocycles. The van der Waals surface area contributed by atoms with Crippen molar-refractivity contribution in [3.63, 3.8) is 0 Å². The minimum Gasteiger partial charge on any atom is -1.00 e. The summed E-state index contributed by atoms with van der Waals surface area (Å²) in [5, 5.41) is 0. The molecule has 0 amide bonds. The van der Waals surface area contributed by atoms with Crippen LogP contribution < -0.4 is 51.4 Å². The average Bonchev–Trinajstić information content (AvgIpc) is 1.21. The normalized spacial score (nSPS) is 14.0. The molecule has 1 unspecified atom stereocenters. The van der Waals surface area contributed by atoms with Crippen molar-refractivity contribution in [2.24, 2.45) is 0 Å². The van der Waals surface area contributed by atoms with Gasteiger partial charge in [-0.3, -0.25) is 0 Å². The largest absolute Gasteiger partial charge is 1.00 e. The van der Waals surface area contributed by atoms with Gasteiger partial charge in [-0.2, -0.15) is 0 Å². The molecule has 0 aliphatic heterocycles. The zero-order valence-corrected chi connectivity index (χ0v) is 11.0. The molecule has 3 nitrogen and oxygen atoms in total. The fourth-order valence-corrected chi connectivity index (χ4v) is 1.72. The van der Waals surface area contributed by atoms with Gasteiger partial charge in [-0.25, -0.2) is 0 Å². The summed E-state index contributed by atoms with van der Waals surface area (Å²) in [5.74, 6) is 0. The first-order valence-corrected chi connectivity index (χ1v) is 5.87. The van der Waals surface area contributed by atoms with Gasteiger partial charge in [0.25, 0.3) is 0 Å². The maximum atomic E-state index is 9.96. The molecule has 0 aromatic heterocycles. The van der Waals surface area contributed by atoms with E-state index in [4.69, 9.17) is 4.89 Å². The van der Waals surface area contributed by atoms with Gasteiger partial charge in [0, 0.05) is 4.57 Å². The Morgan fingerprint density at radius 2 is 1.89 bits per heavy atom. The van der Waals surface area contributed by atoms with Gasteiger partial charge in [-0.1, -0.05) is 14.3 Å². The summed E-state index contributed by atoms with van der Waals surface area (Å²) in [5.41, 5.74) is 0. The zero-order chi connectivity index (χ0) is 6.78. The van der Waals surface area contributed by atoms with Gasteiger partial charge in [-0.05, 0) is 18.8 Å². The third kappa shape index (κ3) is 13.1. The minimum absolute atomic E-state index is 0. The third-order valence-corrected chi connectivity index (χ3v) is 2.59. The van der Waals surface area contributed by atoms with Gasteiger partial charge < -0.3 is 1.43 Å². The standard InChI is InChI=1S/C3H9O3PS.K.H/c1-8(2,3)6-7(4)5;;/h1-3H3;;/q;+1;-1/p+1. The molecule has 0 aromatic rings. The SMILES string of the molecule is CS(C)(C)O[P+](=O)O.[H-].[K+]. The summed E-state index contributed by atoms with van der Waals surface area (Å²) in [4.78, 5) is 8.20. The van der Waals surface area contributed by atoms with Crippen LogP contribution in [0.3, 0.4) is 0 Å². The van der Waals surface area contributed by atoms with Gasteiger partial charge in [-0.15, -0.1) is 4.89 Å². The van der Waals surface area contributed by atoms with E-state index in [1.165, 1.54) is 0 Å². The van der Waals surface area contributed by atoms with Crippen LogP contribution in [0.2, 0.25) is 0 Å². The minimum atomic E-state index is -2.40. The van der Waals surface area contributed by atoms with Crippen LogP contribution in [-0.4, -0.2) is 23.7 Å². The molecule has 0 aliphatic carbocycles. The second-order valence-corrected chi connectivity index (χ2v) is 6.56. The molecule has 0 aromatic carbocycles. The van der Waals surface area contributed by atoms with E-state index in [0.29, 0.717) is 0 Å². The summed E-state index contributed by atoms with van der Waals surface area (Å²) in [6.45, 7) is 0. The van der Waals surface area contributed by atoms with E-state index >= 15 is 0 Å². The number of rotatable bonds is 2. The fourth-order valence-electron chi connectivity index (χ4n) is 0.191. The molecule has 0 aliphatic rings. The quantitative estimate of drug-likeness (QED) is 0.427. The van der Waals surface area contributed by atoms with E-state index in [9.17, 15) is 4.57 Å². The van der Waals surface area contributed by atoms with Gasteiger partial charge in [0.1, 0.15) is 0 Å². The molecule has 0 rings (SSSR count).